The number of carboxylic acids is 1. The maximum atomic E-state index is 13.8. The molecule has 3 heterocycles. The number of anilines is 2. The van der Waals surface area contributed by atoms with Gasteiger partial charge in [-0.1, -0.05) is 49.7 Å². The number of methoxy groups -OCH3 is 1. The first-order chi connectivity index (χ1) is 16.2. The molecule has 1 aromatic carbocycles. The van der Waals surface area contributed by atoms with Gasteiger partial charge < -0.3 is 20.1 Å². The molecule has 1 aliphatic rings. The van der Waals surface area contributed by atoms with Crippen molar-refractivity contribution in [1.29, 1.82) is 0 Å². The second-order valence-electron chi connectivity index (χ2n) is 8.41. The highest BCUT2D eigenvalue weighted by Crippen LogP contribution is 2.42. The van der Waals surface area contributed by atoms with Gasteiger partial charge in [0, 0.05) is 19.2 Å². The van der Waals surface area contributed by atoms with Crippen LogP contribution in [0.25, 0.3) is 0 Å². The smallest absolute Gasteiger partial charge is 0.356 e. The van der Waals surface area contributed by atoms with Crippen LogP contribution in [0.1, 0.15) is 41.4 Å². The van der Waals surface area contributed by atoms with Crippen LogP contribution >= 0.6 is 11.6 Å². The van der Waals surface area contributed by atoms with Gasteiger partial charge in [-0.05, 0) is 17.0 Å². The summed E-state index contributed by atoms with van der Waals surface area (Å²) < 4.78 is 5.36. The number of halogens is 1. The van der Waals surface area contributed by atoms with Crippen LogP contribution < -0.4 is 15.0 Å². The van der Waals surface area contributed by atoms with Gasteiger partial charge in [0.2, 0.25) is 5.91 Å². The molecule has 0 atom stereocenters. The van der Waals surface area contributed by atoms with E-state index in [0.717, 1.165) is 11.1 Å². The summed E-state index contributed by atoms with van der Waals surface area (Å²) in [6.07, 6.45) is 4.09. The van der Waals surface area contributed by atoms with E-state index >= 15 is 0 Å². The second kappa shape index (κ2) is 9.26. The second-order valence-corrected chi connectivity index (χ2v) is 8.79. The molecule has 3 aromatic rings. The van der Waals surface area contributed by atoms with Crippen molar-refractivity contribution in [2.75, 3.05) is 30.4 Å². The lowest BCUT2D eigenvalue weighted by atomic mass is 9.69. The minimum atomic E-state index is -1.15. The lowest BCUT2D eigenvalue weighted by Gasteiger charge is -2.50. The first-order valence-electron chi connectivity index (χ1n) is 10.7. The fraction of sp³-hybridized carbons (Fsp3) is 0.292. The number of aromatic carboxylic acids is 1. The minimum absolute atomic E-state index is 0.138. The molecule has 0 aliphatic carbocycles. The molecule has 2 N–H and O–H groups in total. The summed E-state index contributed by atoms with van der Waals surface area (Å²) in [5.41, 5.74) is 1.40. The van der Waals surface area contributed by atoms with Crippen molar-refractivity contribution in [3.63, 3.8) is 0 Å². The van der Waals surface area contributed by atoms with Crippen molar-refractivity contribution in [3.05, 3.63) is 70.9 Å². The molecule has 0 spiro atoms. The van der Waals surface area contributed by atoms with Crippen LogP contribution in [-0.2, 0) is 10.2 Å². The van der Waals surface area contributed by atoms with E-state index < -0.39 is 11.4 Å². The highest BCUT2D eigenvalue weighted by atomic mass is 35.5. The van der Waals surface area contributed by atoms with E-state index in [-0.39, 0.29) is 22.7 Å². The van der Waals surface area contributed by atoms with Gasteiger partial charge in [0.1, 0.15) is 27.8 Å². The molecule has 0 radical (unpaired) electrons. The van der Waals surface area contributed by atoms with Crippen LogP contribution in [-0.4, -0.2) is 52.1 Å². The van der Waals surface area contributed by atoms with Crippen LogP contribution in [0, 0.1) is 0 Å². The van der Waals surface area contributed by atoms with Crippen molar-refractivity contribution in [2.45, 2.75) is 25.2 Å². The predicted molar refractivity (Wildman–Crippen MR) is 128 cm³/mol. The molecule has 176 valence electrons. The monoisotopic (exact) mass is 481 g/mol. The van der Waals surface area contributed by atoms with Gasteiger partial charge in [-0.2, -0.15) is 0 Å². The number of carboxylic acid groups (broad SMARTS) is 1. The van der Waals surface area contributed by atoms with Gasteiger partial charge in [0.15, 0.2) is 5.69 Å². The third-order valence-corrected chi connectivity index (χ3v) is 6.14. The zero-order valence-electron chi connectivity index (χ0n) is 18.9. The highest BCUT2D eigenvalue weighted by molar-refractivity contribution is 6.29. The Morgan fingerprint density at radius 3 is 2.50 bits per heavy atom. The number of carbonyl (C=O) groups excluding carboxylic acids is 1. The van der Waals surface area contributed by atoms with Crippen LogP contribution in [0.3, 0.4) is 0 Å². The van der Waals surface area contributed by atoms with E-state index in [9.17, 15) is 9.59 Å². The Labute approximate surface area is 201 Å². The zero-order valence-corrected chi connectivity index (χ0v) is 19.7. The van der Waals surface area contributed by atoms with E-state index in [2.05, 4.69) is 34.1 Å². The molecule has 0 saturated carbocycles. The fourth-order valence-electron chi connectivity index (χ4n) is 4.15. The highest BCUT2D eigenvalue weighted by Gasteiger charge is 2.52. The Balaban J connectivity index is 1.69. The summed E-state index contributed by atoms with van der Waals surface area (Å²) in [6.45, 7) is 4.85. The van der Waals surface area contributed by atoms with Crippen molar-refractivity contribution in [3.8, 4) is 5.75 Å². The molecular formula is C24H24ClN5O4. The van der Waals surface area contributed by atoms with E-state index in [1.54, 1.807) is 6.07 Å². The van der Waals surface area contributed by atoms with Gasteiger partial charge in [-0.15, -0.1) is 0 Å². The Hall–Kier alpha value is -3.72. The summed E-state index contributed by atoms with van der Waals surface area (Å²) in [4.78, 5) is 39.0. The number of pyridine rings is 1. The third-order valence-electron chi connectivity index (χ3n) is 5.94. The Bertz CT molecular complexity index is 1230. The summed E-state index contributed by atoms with van der Waals surface area (Å²) >= 11 is 5.97. The molecule has 0 bridgehead atoms. The Kier molecular flexibility index (Phi) is 6.39. The summed E-state index contributed by atoms with van der Waals surface area (Å²) in [5.74, 6) is -0.244. The maximum Gasteiger partial charge on any atom is 0.356 e. The van der Waals surface area contributed by atoms with Crippen LogP contribution in [0.2, 0.25) is 5.15 Å². The predicted octanol–water partition coefficient (Wildman–Crippen LogP) is 3.75. The SMILES string of the molecule is COc1cc(Cl)ncc1NC(=O)C1(c2ccccc2C(C)C)CN(c2cnc(C(=O)O)cn2)C1. The molecule has 2 aromatic heterocycles. The molecule has 0 unspecified atom stereocenters. The maximum absolute atomic E-state index is 13.8. The van der Waals surface area contributed by atoms with Crippen LogP contribution in [0.15, 0.2) is 48.9 Å². The van der Waals surface area contributed by atoms with Gasteiger partial charge >= 0.3 is 5.97 Å². The van der Waals surface area contributed by atoms with Crippen LogP contribution in [0.4, 0.5) is 11.5 Å². The van der Waals surface area contributed by atoms with Crippen molar-refractivity contribution < 1.29 is 19.4 Å². The Morgan fingerprint density at radius 1 is 1.15 bits per heavy atom. The van der Waals surface area contributed by atoms with Crippen molar-refractivity contribution in [1.82, 2.24) is 15.0 Å². The standard InChI is InChI=1S/C24H24ClN5O4/c1-14(2)15-6-4-5-7-16(15)24(23(33)29-17-9-27-20(25)8-19(17)34-3)12-30(13-24)21-11-26-18(10-28-21)22(31)32/h4-11,14H,12-13H2,1-3H3,(H,29,33)(H,31,32). The quantitative estimate of drug-likeness (QED) is 0.490. The van der Waals surface area contributed by atoms with E-state index in [4.69, 9.17) is 21.4 Å². The Morgan fingerprint density at radius 2 is 1.88 bits per heavy atom. The third kappa shape index (κ3) is 4.26. The zero-order chi connectivity index (χ0) is 24.5. The molecule has 1 saturated heterocycles. The largest absolute Gasteiger partial charge is 0.494 e. The number of benzene rings is 1. The molecule has 9 nitrogen and oxygen atoms in total. The fourth-order valence-corrected chi connectivity index (χ4v) is 4.30. The van der Waals surface area contributed by atoms with E-state index in [0.29, 0.717) is 30.3 Å². The number of hydrogen-bond donors (Lipinski definition) is 2. The first-order valence-corrected chi connectivity index (χ1v) is 11.0. The van der Waals surface area contributed by atoms with Gasteiger partial charge in [-0.3, -0.25) is 4.79 Å². The molecular weight excluding hydrogens is 458 g/mol. The lowest BCUT2D eigenvalue weighted by Crippen LogP contribution is -2.65. The summed E-state index contributed by atoms with van der Waals surface area (Å²) in [6, 6.07) is 9.43. The number of nitrogens with zero attached hydrogens (tertiary/aromatic N) is 4. The molecule has 1 aliphatic heterocycles. The number of nitrogens with one attached hydrogen (secondary N) is 1. The molecule has 10 heteroatoms. The van der Waals surface area contributed by atoms with E-state index in [1.807, 2.05) is 29.2 Å². The first kappa shape index (κ1) is 23.4. The average Bonchev–Trinajstić information content (AvgIpc) is 2.80. The average molecular weight is 482 g/mol. The van der Waals surface area contributed by atoms with Crippen molar-refractivity contribution in [2.24, 2.45) is 0 Å². The lowest BCUT2D eigenvalue weighted by molar-refractivity contribution is -0.122. The van der Waals surface area contributed by atoms with E-state index in [1.165, 1.54) is 25.7 Å². The number of carbonyl (C=O) groups is 2. The molecule has 1 fully saturated rings. The number of hydrogen-bond acceptors (Lipinski definition) is 7. The molecule has 1 amide bonds. The van der Waals surface area contributed by atoms with Gasteiger partial charge in [-0.25, -0.2) is 19.7 Å². The molecule has 34 heavy (non-hydrogen) atoms. The topological polar surface area (TPSA) is 118 Å². The van der Waals surface area contributed by atoms with Gasteiger partial charge in [0.25, 0.3) is 0 Å². The minimum Gasteiger partial charge on any atom is -0.494 e. The number of amides is 1. The van der Waals surface area contributed by atoms with Crippen LogP contribution in [0.5, 0.6) is 5.75 Å². The normalized spacial score (nSPS) is 14.4. The number of ether oxygens (including phenoxy) is 1. The van der Waals surface area contributed by atoms with Gasteiger partial charge in [0.05, 0.1) is 25.7 Å². The number of rotatable bonds is 7. The number of aromatic nitrogens is 3. The van der Waals surface area contributed by atoms with Crippen molar-refractivity contribution >= 4 is 35.0 Å². The molecule has 4 rings (SSSR count). The summed E-state index contributed by atoms with van der Waals surface area (Å²) in [7, 11) is 1.50. The summed E-state index contributed by atoms with van der Waals surface area (Å²) in [5, 5.41) is 12.3.